The molecule has 5 heteroatoms. The van der Waals surface area contributed by atoms with E-state index in [9.17, 15) is 14.4 Å². The number of nitrogens with one attached hydrogen (secondary N) is 1. The molecule has 1 N–H and O–H groups in total. The first-order chi connectivity index (χ1) is 16.0. The molecule has 0 heterocycles. The smallest absolute Gasteiger partial charge is 0.338 e. The Morgan fingerprint density at radius 3 is 2.15 bits per heavy atom. The fourth-order valence-electron chi connectivity index (χ4n) is 3.57. The molecule has 1 amide bonds. The van der Waals surface area contributed by atoms with Gasteiger partial charge in [-0.15, -0.1) is 0 Å². The number of ether oxygens (including phenoxy) is 1. The molecule has 170 valence electrons. The molecular weight excluding hydrogens is 414 g/mol. The minimum absolute atomic E-state index is 0.0377. The van der Waals surface area contributed by atoms with Crippen LogP contribution in [0.25, 0.3) is 0 Å². The summed E-state index contributed by atoms with van der Waals surface area (Å²) in [5, 5.41) is 2.76. The summed E-state index contributed by atoms with van der Waals surface area (Å²) in [6, 6.07) is 24.7. The third-order valence-electron chi connectivity index (χ3n) is 5.39. The van der Waals surface area contributed by atoms with Crippen LogP contribution < -0.4 is 5.32 Å². The SMILES string of the molecule is CC(=O)NCCCc1ccc(C(=O)COC(=O)c2ccccc2CCc2ccccc2)cc1. The summed E-state index contributed by atoms with van der Waals surface area (Å²) in [6.45, 7) is 1.82. The largest absolute Gasteiger partial charge is 0.454 e. The Morgan fingerprint density at radius 1 is 0.758 bits per heavy atom. The summed E-state index contributed by atoms with van der Waals surface area (Å²) in [6.07, 6.45) is 3.17. The molecule has 3 aromatic rings. The van der Waals surface area contributed by atoms with E-state index in [2.05, 4.69) is 17.4 Å². The molecule has 0 saturated heterocycles. The van der Waals surface area contributed by atoms with Crippen LogP contribution in [0.5, 0.6) is 0 Å². The Hall–Kier alpha value is -3.73. The van der Waals surface area contributed by atoms with Crippen molar-refractivity contribution in [1.29, 1.82) is 0 Å². The Balaban J connectivity index is 1.51. The molecule has 0 aliphatic carbocycles. The van der Waals surface area contributed by atoms with E-state index in [0.717, 1.165) is 30.4 Å². The Labute approximate surface area is 194 Å². The van der Waals surface area contributed by atoms with Gasteiger partial charge in [0, 0.05) is 19.0 Å². The molecule has 0 aliphatic heterocycles. The normalized spacial score (nSPS) is 10.5. The first kappa shape index (κ1) is 23.9. The Kier molecular flexibility index (Phi) is 8.95. The van der Waals surface area contributed by atoms with Crippen molar-refractivity contribution in [3.63, 3.8) is 0 Å². The van der Waals surface area contributed by atoms with Crippen molar-refractivity contribution in [2.45, 2.75) is 32.6 Å². The van der Waals surface area contributed by atoms with Crippen LogP contribution in [0, 0.1) is 0 Å². The quantitative estimate of drug-likeness (QED) is 0.267. The molecule has 0 atom stereocenters. The molecule has 0 unspecified atom stereocenters. The van der Waals surface area contributed by atoms with Gasteiger partial charge < -0.3 is 10.1 Å². The van der Waals surface area contributed by atoms with E-state index in [4.69, 9.17) is 4.74 Å². The highest BCUT2D eigenvalue weighted by Crippen LogP contribution is 2.15. The van der Waals surface area contributed by atoms with Crippen LogP contribution in [0.1, 0.15) is 50.8 Å². The number of amides is 1. The lowest BCUT2D eigenvalue weighted by atomic mass is 10.00. The van der Waals surface area contributed by atoms with E-state index in [-0.39, 0.29) is 18.3 Å². The second-order valence-electron chi connectivity index (χ2n) is 7.93. The van der Waals surface area contributed by atoms with Crippen molar-refractivity contribution in [3.05, 3.63) is 107 Å². The van der Waals surface area contributed by atoms with Gasteiger partial charge in [-0.1, -0.05) is 72.8 Å². The second-order valence-corrected chi connectivity index (χ2v) is 7.93. The van der Waals surface area contributed by atoms with Gasteiger partial charge in [0.1, 0.15) is 0 Å². The van der Waals surface area contributed by atoms with E-state index in [0.29, 0.717) is 24.1 Å². The highest BCUT2D eigenvalue weighted by molar-refractivity contribution is 5.99. The number of carbonyl (C=O) groups is 3. The van der Waals surface area contributed by atoms with Crippen molar-refractivity contribution in [2.75, 3.05) is 13.2 Å². The minimum atomic E-state index is -0.485. The van der Waals surface area contributed by atoms with E-state index >= 15 is 0 Å². The lowest BCUT2D eigenvalue weighted by Gasteiger charge is -2.10. The Morgan fingerprint density at radius 2 is 1.42 bits per heavy atom. The van der Waals surface area contributed by atoms with Gasteiger partial charge in [-0.05, 0) is 48.4 Å². The highest BCUT2D eigenvalue weighted by atomic mass is 16.5. The van der Waals surface area contributed by atoms with Crippen LogP contribution in [0.15, 0.2) is 78.9 Å². The summed E-state index contributed by atoms with van der Waals surface area (Å²) < 4.78 is 5.34. The van der Waals surface area contributed by atoms with Crippen LogP contribution in [-0.4, -0.2) is 30.8 Å². The molecule has 0 spiro atoms. The van der Waals surface area contributed by atoms with Crippen molar-refractivity contribution in [2.24, 2.45) is 0 Å². The van der Waals surface area contributed by atoms with Gasteiger partial charge in [0.15, 0.2) is 12.4 Å². The maximum Gasteiger partial charge on any atom is 0.338 e. The van der Waals surface area contributed by atoms with Crippen molar-refractivity contribution in [3.8, 4) is 0 Å². The number of benzene rings is 3. The first-order valence-corrected chi connectivity index (χ1v) is 11.2. The molecule has 5 nitrogen and oxygen atoms in total. The average molecular weight is 444 g/mol. The van der Waals surface area contributed by atoms with Gasteiger partial charge in [-0.25, -0.2) is 4.79 Å². The monoisotopic (exact) mass is 443 g/mol. The molecule has 0 fully saturated rings. The number of hydrogen-bond donors (Lipinski definition) is 1. The van der Waals surface area contributed by atoms with Crippen LogP contribution in [-0.2, 0) is 28.8 Å². The van der Waals surface area contributed by atoms with Gasteiger partial charge >= 0.3 is 5.97 Å². The van der Waals surface area contributed by atoms with Gasteiger partial charge in [-0.2, -0.15) is 0 Å². The van der Waals surface area contributed by atoms with Gasteiger partial charge in [-0.3, -0.25) is 9.59 Å². The Bertz CT molecular complexity index is 1070. The molecule has 0 radical (unpaired) electrons. The summed E-state index contributed by atoms with van der Waals surface area (Å²) in [4.78, 5) is 36.1. The molecule has 0 saturated carbocycles. The zero-order valence-corrected chi connectivity index (χ0v) is 18.9. The van der Waals surface area contributed by atoms with Gasteiger partial charge in [0.2, 0.25) is 5.91 Å². The summed E-state index contributed by atoms with van der Waals surface area (Å²) in [5.74, 6) is -0.763. The zero-order valence-electron chi connectivity index (χ0n) is 18.9. The van der Waals surface area contributed by atoms with Crippen molar-refractivity contribution in [1.82, 2.24) is 5.32 Å². The number of rotatable bonds is 11. The van der Waals surface area contributed by atoms with Crippen LogP contribution in [0.4, 0.5) is 0 Å². The van der Waals surface area contributed by atoms with Crippen LogP contribution >= 0.6 is 0 Å². The molecule has 0 aromatic heterocycles. The maximum atomic E-state index is 12.7. The summed E-state index contributed by atoms with van der Waals surface area (Å²) in [5.41, 5.74) is 4.19. The fourth-order valence-corrected chi connectivity index (χ4v) is 3.57. The van der Waals surface area contributed by atoms with Crippen LogP contribution in [0.2, 0.25) is 0 Å². The minimum Gasteiger partial charge on any atom is -0.454 e. The maximum absolute atomic E-state index is 12.7. The zero-order chi connectivity index (χ0) is 23.5. The number of ketones is 1. The third kappa shape index (κ3) is 7.72. The van der Waals surface area contributed by atoms with Gasteiger partial charge in [0.05, 0.1) is 5.56 Å². The molecule has 33 heavy (non-hydrogen) atoms. The third-order valence-corrected chi connectivity index (χ3v) is 5.39. The number of Topliss-reactive ketones (excluding diaryl/α,β-unsaturated/α-hetero) is 1. The summed E-state index contributed by atoms with van der Waals surface area (Å²) in [7, 11) is 0. The second kappa shape index (κ2) is 12.3. The fraction of sp³-hybridized carbons (Fsp3) is 0.250. The molecule has 0 aliphatic rings. The molecule has 3 aromatic carbocycles. The number of esters is 1. The molecule has 3 rings (SSSR count). The molecule has 0 bridgehead atoms. The van der Waals surface area contributed by atoms with Crippen molar-refractivity contribution < 1.29 is 19.1 Å². The predicted octanol–water partition coefficient (Wildman–Crippen LogP) is 4.58. The first-order valence-electron chi connectivity index (χ1n) is 11.2. The number of carbonyl (C=O) groups excluding carboxylic acids is 3. The summed E-state index contributed by atoms with van der Waals surface area (Å²) >= 11 is 0. The lowest BCUT2D eigenvalue weighted by molar-refractivity contribution is -0.118. The van der Waals surface area contributed by atoms with Crippen LogP contribution in [0.3, 0.4) is 0 Å². The van der Waals surface area contributed by atoms with E-state index in [1.165, 1.54) is 12.5 Å². The highest BCUT2D eigenvalue weighted by Gasteiger charge is 2.15. The lowest BCUT2D eigenvalue weighted by Crippen LogP contribution is -2.21. The van der Waals surface area contributed by atoms with Crippen molar-refractivity contribution >= 4 is 17.7 Å². The van der Waals surface area contributed by atoms with E-state index in [1.807, 2.05) is 42.5 Å². The van der Waals surface area contributed by atoms with Gasteiger partial charge in [0.25, 0.3) is 0 Å². The standard InChI is InChI=1S/C28H29NO4/c1-21(30)29-19-7-10-23-14-17-25(18-15-23)27(31)20-33-28(32)26-12-6-5-11-24(26)16-13-22-8-3-2-4-9-22/h2-6,8-9,11-12,14-15,17-18H,7,10,13,16,19-20H2,1H3,(H,29,30). The van der Waals surface area contributed by atoms with E-state index < -0.39 is 5.97 Å². The number of aryl methyl sites for hydroxylation is 3. The average Bonchev–Trinajstić information content (AvgIpc) is 2.85. The van der Waals surface area contributed by atoms with E-state index in [1.54, 1.807) is 24.3 Å². The predicted molar refractivity (Wildman–Crippen MR) is 128 cm³/mol. The number of hydrogen-bond acceptors (Lipinski definition) is 4. The topological polar surface area (TPSA) is 72.5 Å². The molecular formula is C28H29NO4.